The summed E-state index contributed by atoms with van der Waals surface area (Å²) in [5.74, 6) is 0.409. The van der Waals surface area contributed by atoms with Gasteiger partial charge in [-0.15, -0.1) is 11.8 Å². The molecule has 0 unspecified atom stereocenters. The Bertz CT molecular complexity index is 1070. The number of carbonyl (C=O) groups is 2. The van der Waals surface area contributed by atoms with Crippen molar-refractivity contribution in [2.75, 3.05) is 12.0 Å². The van der Waals surface area contributed by atoms with E-state index in [0.29, 0.717) is 33.4 Å². The number of hydrogen-bond donors (Lipinski definition) is 0. The highest BCUT2D eigenvalue weighted by atomic mass is 32.2. The topological polar surface area (TPSA) is 59.8 Å². The van der Waals surface area contributed by atoms with E-state index in [1.54, 1.807) is 49.8 Å². The lowest BCUT2D eigenvalue weighted by Crippen LogP contribution is -2.31. The maximum absolute atomic E-state index is 13.4. The van der Waals surface area contributed by atoms with Crippen molar-refractivity contribution in [3.63, 3.8) is 0 Å². The van der Waals surface area contributed by atoms with Gasteiger partial charge in [-0.25, -0.2) is 9.29 Å². The second-order valence-corrected chi connectivity index (χ2v) is 7.21. The first kappa shape index (κ1) is 19.0. The molecule has 0 N–H and O–H groups in total. The summed E-state index contributed by atoms with van der Waals surface area (Å²) in [7, 11) is 1.54. The zero-order chi connectivity index (χ0) is 20.4. The lowest BCUT2D eigenvalue weighted by molar-refractivity contribution is -0.119. The van der Waals surface area contributed by atoms with Crippen LogP contribution in [0.5, 0.6) is 5.75 Å². The molecule has 0 bridgehead atoms. The van der Waals surface area contributed by atoms with E-state index in [9.17, 15) is 14.0 Å². The van der Waals surface area contributed by atoms with Crippen LogP contribution >= 0.6 is 11.8 Å². The molecule has 2 amide bonds. The minimum atomic E-state index is -0.450. The van der Waals surface area contributed by atoms with E-state index in [1.165, 1.54) is 36.0 Å². The maximum atomic E-state index is 13.4. The van der Waals surface area contributed by atoms with Gasteiger partial charge in [0.25, 0.3) is 11.8 Å². The van der Waals surface area contributed by atoms with Gasteiger partial charge >= 0.3 is 0 Å². The Labute approximate surface area is 170 Å². The Kier molecular flexibility index (Phi) is 5.22. The summed E-state index contributed by atoms with van der Waals surface area (Å²) in [6.45, 7) is 0. The number of hydrogen-bond acceptors (Lipinski definition) is 5. The number of ether oxygens (including phenoxy) is 1. The van der Waals surface area contributed by atoms with Crippen LogP contribution in [0.25, 0.3) is 5.57 Å². The number of anilines is 1. The Hall–Kier alpha value is -3.32. The minimum absolute atomic E-state index is 0.252. The van der Waals surface area contributed by atoms with Crippen molar-refractivity contribution in [2.24, 2.45) is 0 Å². The van der Waals surface area contributed by atoms with Gasteiger partial charge in [0.2, 0.25) is 0 Å². The summed E-state index contributed by atoms with van der Waals surface area (Å²) in [5.41, 5.74) is 1.18. The summed E-state index contributed by atoms with van der Waals surface area (Å²) >= 11 is 1.22. The standard InChI is InChI=1S/C22H16FNO4S/c1-27-17-10-8-16(9-11-17)24-21(25)19(14-4-6-15(23)7-5-14)20(22(24)26)29-13-18-3-2-12-28-18/h2-12H,13H2,1H3. The van der Waals surface area contributed by atoms with Gasteiger partial charge < -0.3 is 9.15 Å². The number of imide groups is 1. The van der Waals surface area contributed by atoms with Crippen LogP contribution in [-0.2, 0) is 15.3 Å². The first-order valence-corrected chi connectivity index (χ1v) is 9.75. The van der Waals surface area contributed by atoms with Crippen molar-refractivity contribution in [2.45, 2.75) is 5.75 Å². The van der Waals surface area contributed by atoms with Gasteiger partial charge in [0.15, 0.2) is 0 Å². The van der Waals surface area contributed by atoms with Crippen LogP contribution in [0, 0.1) is 5.82 Å². The van der Waals surface area contributed by atoms with E-state index in [-0.39, 0.29) is 5.57 Å². The quantitative estimate of drug-likeness (QED) is 0.555. The number of halogens is 1. The summed E-state index contributed by atoms with van der Waals surface area (Å²) in [4.78, 5) is 27.8. The molecule has 2 heterocycles. The van der Waals surface area contributed by atoms with Crippen LogP contribution in [0.2, 0.25) is 0 Å². The highest BCUT2D eigenvalue weighted by molar-refractivity contribution is 8.03. The summed E-state index contributed by atoms with van der Waals surface area (Å²) < 4.78 is 23.9. The highest BCUT2D eigenvalue weighted by Gasteiger charge is 2.40. The molecule has 0 spiro atoms. The lowest BCUT2D eigenvalue weighted by Gasteiger charge is -2.15. The average Bonchev–Trinajstić information content (AvgIpc) is 3.34. The second kappa shape index (κ2) is 7.97. The van der Waals surface area contributed by atoms with E-state index < -0.39 is 17.6 Å². The third-order valence-electron chi connectivity index (χ3n) is 4.44. The molecule has 0 radical (unpaired) electrons. The van der Waals surface area contributed by atoms with Gasteiger partial charge in [-0.1, -0.05) is 12.1 Å². The number of methoxy groups -OCH3 is 1. The second-order valence-electron chi connectivity index (χ2n) is 6.22. The Morgan fingerprint density at radius 2 is 1.72 bits per heavy atom. The Morgan fingerprint density at radius 3 is 2.34 bits per heavy atom. The van der Waals surface area contributed by atoms with Crippen LogP contribution in [0.15, 0.2) is 76.2 Å². The molecule has 0 saturated carbocycles. The average molecular weight is 409 g/mol. The minimum Gasteiger partial charge on any atom is -0.497 e. The van der Waals surface area contributed by atoms with E-state index in [4.69, 9.17) is 9.15 Å². The molecule has 0 saturated heterocycles. The number of thioether (sulfide) groups is 1. The van der Waals surface area contributed by atoms with Crippen LogP contribution in [0.3, 0.4) is 0 Å². The monoisotopic (exact) mass is 409 g/mol. The number of amides is 2. The fraction of sp³-hybridized carbons (Fsp3) is 0.0909. The smallest absolute Gasteiger partial charge is 0.272 e. The molecule has 2 aromatic carbocycles. The zero-order valence-corrected chi connectivity index (χ0v) is 16.2. The number of rotatable bonds is 6. The third kappa shape index (κ3) is 3.69. The summed E-state index contributed by atoms with van der Waals surface area (Å²) in [6, 6.07) is 15.8. The van der Waals surface area contributed by atoms with Crippen molar-refractivity contribution in [1.82, 2.24) is 0 Å². The Morgan fingerprint density at radius 1 is 1.00 bits per heavy atom. The molecule has 3 aromatic rings. The van der Waals surface area contributed by atoms with E-state index >= 15 is 0 Å². The molecule has 1 aliphatic rings. The van der Waals surface area contributed by atoms with Crippen LogP contribution in [0.1, 0.15) is 11.3 Å². The van der Waals surface area contributed by atoms with Gasteiger partial charge in [-0.2, -0.15) is 0 Å². The van der Waals surface area contributed by atoms with Gasteiger partial charge in [0.05, 0.1) is 35.3 Å². The van der Waals surface area contributed by atoms with Crippen molar-refractivity contribution in [3.8, 4) is 5.75 Å². The number of benzene rings is 2. The highest BCUT2D eigenvalue weighted by Crippen LogP contribution is 2.39. The zero-order valence-electron chi connectivity index (χ0n) is 15.4. The molecule has 4 rings (SSSR count). The molecule has 0 aliphatic carbocycles. The molecular formula is C22H16FNO4S. The van der Waals surface area contributed by atoms with Crippen molar-refractivity contribution < 1.29 is 23.1 Å². The molecule has 0 fully saturated rings. The fourth-order valence-corrected chi connectivity index (χ4v) is 4.03. The van der Waals surface area contributed by atoms with E-state index in [2.05, 4.69) is 0 Å². The molecule has 29 heavy (non-hydrogen) atoms. The van der Waals surface area contributed by atoms with Crippen LogP contribution < -0.4 is 9.64 Å². The number of carbonyl (C=O) groups excluding carboxylic acids is 2. The van der Waals surface area contributed by atoms with Crippen molar-refractivity contribution >= 4 is 34.8 Å². The molecule has 7 heteroatoms. The third-order valence-corrected chi connectivity index (χ3v) is 5.54. The van der Waals surface area contributed by atoms with E-state index in [1.807, 2.05) is 0 Å². The Balaban J connectivity index is 1.72. The SMILES string of the molecule is COc1ccc(N2C(=O)C(SCc3ccco3)=C(c3ccc(F)cc3)C2=O)cc1. The first-order chi connectivity index (χ1) is 14.1. The fourth-order valence-electron chi connectivity index (χ4n) is 3.02. The van der Waals surface area contributed by atoms with E-state index in [0.717, 1.165) is 4.90 Å². The van der Waals surface area contributed by atoms with Gasteiger partial charge in [0.1, 0.15) is 17.3 Å². The van der Waals surface area contributed by atoms with Crippen LogP contribution in [0.4, 0.5) is 10.1 Å². The summed E-state index contributed by atoms with van der Waals surface area (Å²) in [6.07, 6.45) is 1.55. The number of nitrogens with zero attached hydrogens (tertiary/aromatic N) is 1. The normalized spacial score (nSPS) is 14.1. The van der Waals surface area contributed by atoms with Gasteiger partial charge in [-0.05, 0) is 54.1 Å². The molecule has 146 valence electrons. The first-order valence-electron chi connectivity index (χ1n) is 8.76. The predicted octanol–water partition coefficient (Wildman–Crippen LogP) is 4.65. The van der Waals surface area contributed by atoms with Crippen molar-refractivity contribution in [3.05, 3.63) is 89.0 Å². The molecular weight excluding hydrogens is 393 g/mol. The van der Waals surface area contributed by atoms with Crippen LogP contribution in [-0.4, -0.2) is 18.9 Å². The van der Waals surface area contributed by atoms with Crippen molar-refractivity contribution in [1.29, 1.82) is 0 Å². The molecule has 5 nitrogen and oxygen atoms in total. The number of furan rings is 1. The lowest BCUT2D eigenvalue weighted by atomic mass is 10.1. The molecule has 1 aromatic heterocycles. The van der Waals surface area contributed by atoms with Gasteiger partial charge in [0, 0.05) is 0 Å². The molecule has 0 atom stereocenters. The largest absolute Gasteiger partial charge is 0.497 e. The summed E-state index contributed by atoms with van der Waals surface area (Å²) in [5, 5.41) is 0. The maximum Gasteiger partial charge on any atom is 0.272 e. The molecule has 1 aliphatic heterocycles. The predicted molar refractivity (Wildman–Crippen MR) is 109 cm³/mol. The van der Waals surface area contributed by atoms with Gasteiger partial charge in [-0.3, -0.25) is 9.59 Å².